The third kappa shape index (κ3) is 2.28. The van der Waals surface area contributed by atoms with Gasteiger partial charge in [-0.2, -0.15) is 5.10 Å². The van der Waals surface area contributed by atoms with Gasteiger partial charge in [0.05, 0.1) is 5.56 Å². The molecule has 0 unspecified atom stereocenters. The van der Waals surface area contributed by atoms with E-state index in [1.54, 1.807) is 22.2 Å². The fraction of sp³-hybridized carbons (Fsp3) is 0.417. The molecule has 96 valence electrons. The number of hydrogen-bond acceptors (Lipinski definition) is 3. The molecule has 0 aliphatic carbocycles. The molecule has 0 radical (unpaired) electrons. The summed E-state index contributed by atoms with van der Waals surface area (Å²) in [6.45, 7) is 2.84. The molecule has 2 aromatic rings. The van der Waals surface area contributed by atoms with Crippen LogP contribution in [0.3, 0.4) is 0 Å². The predicted octanol–water partition coefficient (Wildman–Crippen LogP) is 2.11. The maximum atomic E-state index is 12.3. The van der Waals surface area contributed by atoms with Gasteiger partial charge in [0, 0.05) is 19.8 Å². The monoisotopic (exact) mass is 264 g/mol. The van der Waals surface area contributed by atoms with Gasteiger partial charge in [0.1, 0.15) is 0 Å². The number of aromatic nitrogens is 4. The van der Waals surface area contributed by atoms with E-state index >= 15 is 0 Å². The Morgan fingerprint density at radius 3 is 2.89 bits per heavy atom. The average molecular weight is 264 g/mol. The molecule has 18 heavy (non-hydrogen) atoms. The van der Waals surface area contributed by atoms with Crippen LogP contribution < -0.4 is 5.56 Å². The zero-order valence-electron chi connectivity index (χ0n) is 10.5. The van der Waals surface area contributed by atoms with Gasteiger partial charge in [-0.1, -0.05) is 13.3 Å². The van der Waals surface area contributed by atoms with Crippen LogP contribution in [0.4, 0.5) is 0 Å². The number of nitrogens with zero attached hydrogens (tertiary/aromatic N) is 3. The van der Waals surface area contributed by atoms with E-state index in [0.29, 0.717) is 16.2 Å². The summed E-state index contributed by atoms with van der Waals surface area (Å²) in [5.41, 5.74) is 0.548. The minimum atomic E-state index is -0.0250. The normalized spacial score (nSPS) is 10.8. The first kappa shape index (κ1) is 12.8. The Morgan fingerprint density at radius 1 is 1.50 bits per heavy atom. The van der Waals surface area contributed by atoms with Crippen molar-refractivity contribution in [3.05, 3.63) is 33.5 Å². The second-order valence-electron chi connectivity index (χ2n) is 4.19. The predicted molar refractivity (Wildman–Crippen MR) is 73.0 cm³/mol. The number of aromatic amines is 1. The number of unbranched alkanes of at least 4 members (excludes halogenated alkanes) is 1. The fourth-order valence-corrected chi connectivity index (χ4v) is 1.93. The highest BCUT2D eigenvalue weighted by molar-refractivity contribution is 7.71. The van der Waals surface area contributed by atoms with Crippen LogP contribution in [-0.2, 0) is 13.6 Å². The highest BCUT2D eigenvalue weighted by atomic mass is 32.1. The van der Waals surface area contributed by atoms with Crippen molar-refractivity contribution in [2.45, 2.75) is 26.3 Å². The summed E-state index contributed by atoms with van der Waals surface area (Å²) in [4.78, 5) is 12.3. The van der Waals surface area contributed by atoms with Crippen LogP contribution in [0.5, 0.6) is 0 Å². The summed E-state index contributed by atoms with van der Waals surface area (Å²) in [5, 5.41) is 6.79. The molecule has 0 saturated heterocycles. The lowest BCUT2D eigenvalue weighted by atomic mass is 10.2. The van der Waals surface area contributed by atoms with Gasteiger partial charge in [-0.05, 0) is 30.8 Å². The van der Waals surface area contributed by atoms with Gasteiger partial charge in [-0.15, -0.1) is 0 Å². The summed E-state index contributed by atoms with van der Waals surface area (Å²) in [7, 11) is 1.80. The van der Waals surface area contributed by atoms with Crippen LogP contribution in [0.15, 0.2) is 23.1 Å². The Morgan fingerprint density at radius 2 is 2.28 bits per heavy atom. The van der Waals surface area contributed by atoms with E-state index < -0.39 is 0 Å². The molecule has 0 fully saturated rings. The molecule has 0 atom stereocenters. The molecule has 0 amide bonds. The van der Waals surface area contributed by atoms with Crippen molar-refractivity contribution in [3.8, 4) is 11.4 Å². The van der Waals surface area contributed by atoms with Crippen molar-refractivity contribution in [1.82, 2.24) is 19.3 Å². The highest BCUT2D eigenvalue weighted by Crippen LogP contribution is 2.11. The maximum absolute atomic E-state index is 12.3. The van der Waals surface area contributed by atoms with Crippen molar-refractivity contribution < 1.29 is 0 Å². The third-order valence-corrected chi connectivity index (χ3v) is 3.26. The number of H-pyrrole nitrogens is 1. The second kappa shape index (κ2) is 5.30. The molecule has 0 aromatic carbocycles. The Bertz CT molecular complexity index is 653. The molecule has 5 nitrogen and oxygen atoms in total. The lowest BCUT2D eigenvalue weighted by Crippen LogP contribution is -2.21. The van der Waals surface area contributed by atoms with Gasteiger partial charge in [0.15, 0.2) is 10.6 Å². The molecule has 0 aliphatic rings. The van der Waals surface area contributed by atoms with E-state index in [9.17, 15) is 4.79 Å². The van der Waals surface area contributed by atoms with E-state index in [1.165, 1.54) is 0 Å². The lowest BCUT2D eigenvalue weighted by Gasteiger charge is -2.06. The molecule has 0 bridgehead atoms. The Hall–Kier alpha value is -1.69. The van der Waals surface area contributed by atoms with Crippen LogP contribution in [0, 0.1) is 4.77 Å². The summed E-state index contributed by atoms with van der Waals surface area (Å²) < 4.78 is 3.93. The van der Waals surface area contributed by atoms with Crippen molar-refractivity contribution in [2.75, 3.05) is 0 Å². The van der Waals surface area contributed by atoms with Gasteiger partial charge in [0.25, 0.3) is 5.56 Å². The average Bonchev–Trinajstić information content (AvgIpc) is 2.69. The number of aryl methyl sites for hydroxylation is 1. The molecule has 0 saturated carbocycles. The largest absolute Gasteiger partial charge is 0.315 e. The first-order valence-corrected chi connectivity index (χ1v) is 6.37. The first-order chi connectivity index (χ1) is 8.65. The van der Waals surface area contributed by atoms with Crippen LogP contribution in [0.1, 0.15) is 19.8 Å². The molecule has 0 aliphatic heterocycles. The van der Waals surface area contributed by atoms with Gasteiger partial charge in [-0.25, -0.2) is 0 Å². The number of nitrogens with one attached hydrogen (secondary N) is 1. The minimum absolute atomic E-state index is 0.0250. The molecule has 0 spiro atoms. The van der Waals surface area contributed by atoms with Crippen LogP contribution in [-0.4, -0.2) is 19.3 Å². The Balaban J connectivity index is 2.49. The molecule has 1 N–H and O–H groups in total. The van der Waals surface area contributed by atoms with E-state index in [2.05, 4.69) is 17.1 Å². The van der Waals surface area contributed by atoms with Crippen LogP contribution in [0.25, 0.3) is 11.4 Å². The molecular formula is C12H16N4OS. The highest BCUT2D eigenvalue weighted by Gasteiger charge is 2.11. The topological polar surface area (TPSA) is 55.6 Å². The van der Waals surface area contributed by atoms with E-state index in [-0.39, 0.29) is 5.56 Å². The van der Waals surface area contributed by atoms with E-state index in [0.717, 1.165) is 19.4 Å². The van der Waals surface area contributed by atoms with Gasteiger partial charge in [0.2, 0.25) is 0 Å². The van der Waals surface area contributed by atoms with E-state index in [4.69, 9.17) is 12.2 Å². The van der Waals surface area contributed by atoms with Crippen molar-refractivity contribution >= 4 is 12.2 Å². The van der Waals surface area contributed by atoms with Crippen molar-refractivity contribution in [2.24, 2.45) is 7.05 Å². The second-order valence-corrected chi connectivity index (χ2v) is 4.57. The standard InChI is InChI=1S/C12H16N4OS/c1-3-4-7-16-8-5-6-9(11(16)17)10-13-14-12(18)15(10)2/h5-6,8H,3-4,7H2,1-2H3,(H,14,18). The number of rotatable bonds is 4. The summed E-state index contributed by atoms with van der Waals surface area (Å²) in [6, 6.07) is 3.64. The zero-order chi connectivity index (χ0) is 13.1. The van der Waals surface area contributed by atoms with E-state index in [1.807, 2.05) is 12.3 Å². The fourth-order valence-electron chi connectivity index (χ4n) is 1.80. The minimum Gasteiger partial charge on any atom is -0.315 e. The Labute approximate surface area is 110 Å². The maximum Gasteiger partial charge on any atom is 0.261 e. The summed E-state index contributed by atoms with van der Waals surface area (Å²) >= 11 is 5.06. The molecule has 2 heterocycles. The third-order valence-electron chi connectivity index (χ3n) is 2.89. The quantitative estimate of drug-likeness (QED) is 0.860. The molecule has 2 aromatic heterocycles. The Kier molecular flexibility index (Phi) is 3.76. The zero-order valence-corrected chi connectivity index (χ0v) is 11.3. The number of hydrogen-bond donors (Lipinski definition) is 1. The summed E-state index contributed by atoms with van der Waals surface area (Å²) in [6.07, 6.45) is 3.86. The number of pyridine rings is 1. The van der Waals surface area contributed by atoms with Gasteiger partial charge >= 0.3 is 0 Å². The van der Waals surface area contributed by atoms with Crippen LogP contribution in [0.2, 0.25) is 0 Å². The smallest absolute Gasteiger partial charge is 0.261 e. The SMILES string of the molecule is CCCCn1cccc(-c2n[nH]c(=S)n2C)c1=O. The lowest BCUT2D eigenvalue weighted by molar-refractivity contribution is 0.613. The molecular weight excluding hydrogens is 248 g/mol. The molecule has 2 rings (SSSR count). The van der Waals surface area contributed by atoms with Crippen molar-refractivity contribution in [3.63, 3.8) is 0 Å². The van der Waals surface area contributed by atoms with Crippen LogP contribution >= 0.6 is 12.2 Å². The van der Waals surface area contributed by atoms with Gasteiger partial charge in [-0.3, -0.25) is 9.89 Å². The summed E-state index contributed by atoms with van der Waals surface area (Å²) in [5.74, 6) is 0.579. The van der Waals surface area contributed by atoms with Crippen molar-refractivity contribution in [1.29, 1.82) is 0 Å². The van der Waals surface area contributed by atoms with Gasteiger partial charge < -0.3 is 9.13 Å². The molecule has 6 heteroatoms. The first-order valence-electron chi connectivity index (χ1n) is 5.96.